The standard InChI is InChI=1S/C10H19NO/c1-4-7-11(10-5-6-10)8(2)9(3)12/h8,10H,4-7H2,1-3H3. The molecule has 0 saturated heterocycles. The quantitative estimate of drug-likeness (QED) is 0.626. The van der Waals surface area contributed by atoms with Gasteiger partial charge in [-0.2, -0.15) is 0 Å². The van der Waals surface area contributed by atoms with Gasteiger partial charge in [-0.3, -0.25) is 9.69 Å². The fourth-order valence-electron chi connectivity index (χ4n) is 1.59. The monoisotopic (exact) mass is 169 g/mol. The zero-order chi connectivity index (χ0) is 9.14. The van der Waals surface area contributed by atoms with Crippen molar-refractivity contribution in [1.82, 2.24) is 4.90 Å². The van der Waals surface area contributed by atoms with E-state index in [4.69, 9.17) is 0 Å². The third kappa shape index (κ3) is 2.31. The maximum absolute atomic E-state index is 11.2. The van der Waals surface area contributed by atoms with Gasteiger partial charge in [0.05, 0.1) is 6.04 Å². The summed E-state index contributed by atoms with van der Waals surface area (Å²) in [6.07, 6.45) is 3.73. The minimum atomic E-state index is 0.137. The Morgan fingerprint density at radius 3 is 2.50 bits per heavy atom. The first-order valence-electron chi connectivity index (χ1n) is 4.93. The molecule has 0 radical (unpaired) electrons. The van der Waals surface area contributed by atoms with Crippen LogP contribution in [0.25, 0.3) is 0 Å². The van der Waals surface area contributed by atoms with Crippen molar-refractivity contribution in [3.05, 3.63) is 0 Å². The molecule has 0 amide bonds. The van der Waals surface area contributed by atoms with Gasteiger partial charge in [-0.05, 0) is 39.7 Å². The summed E-state index contributed by atoms with van der Waals surface area (Å²) in [6.45, 7) is 6.96. The molecule has 1 fully saturated rings. The van der Waals surface area contributed by atoms with Gasteiger partial charge in [0.1, 0.15) is 5.78 Å². The van der Waals surface area contributed by atoms with Gasteiger partial charge in [0.15, 0.2) is 0 Å². The number of rotatable bonds is 5. The van der Waals surface area contributed by atoms with Crippen molar-refractivity contribution in [1.29, 1.82) is 0 Å². The van der Waals surface area contributed by atoms with Gasteiger partial charge in [0.25, 0.3) is 0 Å². The summed E-state index contributed by atoms with van der Waals surface area (Å²) in [5.74, 6) is 0.301. The second-order valence-corrected chi connectivity index (χ2v) is 3.76. The third-order valence-corrected chi connectivity index (χ3v) is 2.58. The van der Waals surface area contributed by atoms with Crippen molar-refractivity contribution < 1.29 is 4.79 Å². The van der Waals surface area contributed by atoms with Crippen molar-refractivity contribution in [3.8, 4) is 0 Å². The summed E-state index contributed by atoms with van der Waals surface area (Å²) >= 11 is 0. The second-order valence-electron chi connectivity index (χ2n) is 3.76. The lowest BCUT2D eigenvalue weighted by atomic mass is 10.2. The Labute approximate surface area is 74.9 Å². The van der Waals surface area contributed by atoms with Crippen molar-refractivity contribution in [2.75, 3.05) is 6.54 Å². The van der Waals surface area contributed by atoms with Gasteiger partial charge < -0.3 is 0 Å². The Bertz CT molecular complexity index is 163. The van der Waals surface area contributed by atoms with Gasteiger partial charge in [-0.15, -0.1) is 0 Å². The van der Waals surface area contributed by atoms with Crippen molar-refractivity contribution >= 4 is 5.78 Å². The fourth-order valence-corrected chi connectivity index (χ4v) is 1.59. The Hall–Kier alpha value is -0.370. The molecule has 0 aromatic carbocycles. The van der Waals surface area contributed by atoms with E-state index < -0.39 is 0 Å². The topological polar surface area (TPSA) is 20.3 Å². The number of hydrogen-bond acceptors (Lipinski definition) is 2. The molecule has 12 heavy (non-hydrogen) atoms. The normalized spacial score (nSPS) is 19.7. The maximum Gasteiger partial charge on any atom is 0.146 e. The van der Waals surface area contributed by atoms with Crippen LogP contribution >= 0.6 is 0 Å². The molecular formula is C10H19NO. The number of ketones is 1. The minimum Gasteiger partial charge on any atom is -0.298 e. The van der Waals surface area contributed by atoms with E-state index in [-0.39, 0.29) is 6.04 Å². The Balaban J connectivity index is 2.45. The zero-order valence-corrected chi connectivity index (χ0v) is 8.34. The number of carbonyl (C=O) groups excluding carboxylic acids is 1. The summed E-state index contributed by atoms with van der Waals surface area (Å²) in [5.41, 5.74) is 0. The lowest BCUT2D eigenvalue weighted by Gasteiger charge is -2.26. The Morgan fingerprint density at radius 1 is 1.58 bits per heavy atom. The van der Waals surface area contributed by atoms with Crippen LogP contribution in [0, 0.1) is 0 Å². The van der Waals surface area contributed by atoms with Crippen LogP contribution in [0.3, 0.4) is 0 Å². The largest absolute Gasteiger partial charge is 0.298 e. The average Bonchev–Trinajstić information content (AvgIpc) is 2.81. The van der Waals surface area contributed by atoms with Gasteiger partial charge in [0, 0.05) is 6.04 Å². The van der Waals surface area contributed by atoms with Crippen molar-refractivity contribution in [2.24, 2.45) is 0 Å². The van der Waals surface area contributed by atoms with Crippen LogP contribution in [0.4, 0.5) is 0 Å². The molecule has 1 rings (SSSR count). The molecule has 1 aliphatic carbocycles. The highest BCUT2D eigenvalue weighted by atomic mass is 16.1. The summed E-state index contributed by atoms with van der Waals surface area (Å²) in [4.78, 5) is 13.5. The number of nitrogens with zero attached hydrogens (tertiary/aromatic N) is 1. The molecule has 1 saturated carbocycles. The van der Waals surface area contributed by atoms with E-state index in [2.05, 4.69) is 11.8 Å². The van der Waals surface area contributed by atoms with Crippen LogP contribution in [0.2, 0.25) is 0 Å². The average molecular weight is 169 g/mol. The van der Waals surface area contributed by atoms with E-state index in [0.29, 0.717) is 11.8 Å². The molecule has 70 valence electrons. The van der Waals surface area contributed by atoms with Crippen LogP contribution in [-0.2, 0) is 4.79 Å². The predicted molar refractivity (Wildman–Crippen MR) is 50.2 cm³/mol. The Kier molecular flexibility index (Phi) is 3.27. The maximum atomic E-state index is 11.2. The lowest BCUT2D eigenvalue weighted by Crippen LogP contribution is -2.40. The Morgan fingerprint density at radius 2 is 2.17 bits per heavy atom. The highest BCUT2D eigenvalue weighted by Crippen LogP contribution is 2.28. The first kappa shape index (κ1) is 9.72. The molecule has 0 heterocycles. The van der Waals surface area contributed by atoms with Crippen LogP contribution < -0.4 is 0 Å². The van der Waals surface area contributed by atoms with Crippen molar-refractivity contribution in [3.63, 3.8) is 0 Å². The van der Waals surface area contributed by atoms with Gasteiger partial charge >= 0.3 is 0 Å². The smallest absolute Gasteiger partial charge is 0.146 e. The number of Topliss-reactive ketones (excluding diaryl/α,β-unsaturated/α-hetero) is 1. The highest BCUT2D eigenvalue weighted by molar-refractivity contribution is 5.81. The van der Waals surface area contributed by atoms with E-state index in [1.54, 1.807) is 6.92 Å². The molecule has 0 spiro atoms. The van der Waals surface area contributed by atoms with Gasteiger partial charge in [0.2, 0.25) is 0 Å². The molecule has 0 aliphatic heterocycles. The van der Waals surface area contributed by atoms with Crippen LogP contribution in [0.5, 0.6) is 0 Å². The first-order valence-corrected chi connectivity index (χ1v) is 4.93. The van der Waals surface area contributed by atoms with E-state index in [1.165, 1.54) is 12.8 Å². The third-order valence-electron chi connectivity index (χ3n) is 2.58. The SMILES string of the molecule is CCCN(C1CC1)C(C)C(C)=O. The molecule has 0 aromatic heterocycles. The van der Waals surface area contributed by atoms with E-state index in [1.807, 2.05) is 6.92 Å². The highest BCUT2D eigenvalue weighted by Gasteiger charge is 2.32. The summed E-state index contributed by atoms with van der Waals surface area (Å²) in [7, 11) is 0. The summed E-state index contributed by atoms with van der Waals surface area (Å²) in [6, 6.07) is 0.848. The van der Waals surface area contributed by atoms with Crippen LogP contribution in [0.1, 0.15) is 40.0 Å². The number of carbonyl (C=O) groups is 1. The fraction of sp³-hybridized carbons (Fsp3) is 0.900. The molecule has 2 nitrogen and oxygen atoms in total. The zero-order valence-electron chi connectivity index (χ0n) is 8.34. The minimum absolute atomic E-state index is 0.137. The summed E-state index contributed by atoms with van der Waals surface area (Å²) < 4.78 is 0. The predicted octanol–water partition coefficient (Wildman–Crippen LogP) is 1.84. The molecule has 0 bridgehead atoms. The lowest BCUT2D eigenvalue weighted by molar-refractivity contribution is -0.121. The van der Waals surface area contributed by atoms with Gasteiger partial charge in [-0.25, -0.2) is 0 Å². The molecule has 0 N–H and O–H groups in total. The van der Waals surface area contributed by atoms with E-state index in [9.17, 15) is 4.79 Å². The molecule has 1 unspecified atom stereocenters. The molecule has 1 aliphatic rings. The van der Waals surface area contributed by atoms with Crippen molar-refractivity contribution in [2.45, 2.75) is 52.1 Å². The summed E-state index contributed by atoms with van der Waals surface area (Å²) in [5, 5.41) is 0. The van der Waals surface area contributed by atoms with Crippen LogP contribution in [0.15, 0.2) is 0 Å². The molecule has 2 heteroatoms. The molecular weight excluding hydrogens is 150 g/mol. The second kappa shape index (κ2) is 4.04. The number of hydrogen-bond donors (Lipinski definition) is 0. The van der Waals surface area contributed by atoms with E-state index in [0.717, 1.165) is 13.0 Å². The first-order chi connectivity index (χ1) is 5.66. The molecule has 1 atom stereocenters. The molecule has 0 aromatic rings. The van der Waals surface area contributed by atoms with Crippen LogP contribution in [-0.4, -0.2) is 29.3 Å². The van der Waals surface area contributed by atoms with Gasteiger partial charge in [-0.1, -0.05) is 6.92 Å². The van der Waals surface area contributed by atoms with E-state index >= 15 is 0 Å².